The number of nitrogens with zero attached hydrogens (tertiary/aromatic N) is 6. The monoisotopic (exact) mass is 718 g/mol. The number of rotatable bonds is 14. The van der Waals surface area contributed by atoms with Crippen molar-refractivity contribution >= 4 is 39.0 Å². The first kappa shape index (κ1) is 34.9. The van der Waals surface area contributed by atoms with Gasteiger partial charge in [0.15, 0.2) is 25.0 Å². The van der Waals surface area contributed by atoms with Crippen LogP contribution in [0.3, 0.4) is 0 Å². The number of nitriles is 1. The maximum Gasteiger partial charge on any atom is 0.250 e. The van der Waals surface area contributed by atoms with Gasteiger partial charge >= 0.3 is 0 Å². The summed E-state index contributed by atoms with van der Waals surface area (Å²) in [5.74, 6) is -6.98. The molecule has 0 amide bonds. The van der Waals surface area contributed by atoms with Gasteiger partial charge in [-0.15, -0.1) is 11.3 Å². The van der Waals surface area contributed by atoms with Crippen LogP contribution in [0.4, 0.5) is 17.6 Å². The molecule has 0 spiro atoms. The van der Waals surface area contributed by atoms with Crippen LogP contribution in [0.1, 0.15) is 12.0 Å². The molecule has 1 N–H and O–H groups in total. The number of thiophene rings is 1. The fourth-order valence-electron chi connectivity index (χ4n) is 5.92. The Labute approximate surface area is 270 Å². The predicted molar refractivity (Wildman–Crippen MR) is 160 cm³/mol. The number of benzene rings is 2. The van der Waals surface area contributed by atoms with Crippen molar-refractivity contribution in [3.8, 4) is 17.6 Å². The standard InChI is InChI=1S/C27H29F4N7O6PS2/c28-21-14-19(3-2-18(21)16-32)44-45(39,40)17-35-47(41,42)22-15-20-23(29)24(30)26(25(31)27(20)46-22)43-13-12-38-9-6-37(7-10-38,8-11-38)5-1-4-34-36-33/h2-3,14-15,35H,1,4-13,17H2/q+1. The van der Waals surface area contributed by atoms with Crippen LogP contribution in [0.15, 0.2) is 33.6 Å². The van der Waals surface area contributed by atoms with E-state index in [2.05, 4.69) is 10.0 Å². The highest BCUT2D eigenvalue weighted by Crippen LogP contribution is 2.41. The zero-order chi connectivity index (χ0) is 34.0. The Kier molecular flexibility index (Phi) is 10.1. The second-order valence-corrected chi connectivity index (χ2v) is 16.2. The Morgan fingerprint density at radius 3 is 2.34 bits per heavy atom. The van der Waals surface area contributed by atoms with Gasteiger partial charge in [-0.3, -0.25) is 4.57 Å². The molecular formula is C27H29F4N7O6PS2+. The molecule has 2 aromatic carbocycles. The van der Waals surface area contributed by atoms with Crippen LogP contribution in [-0.4, -0.2) is 89.2 Å². The summed E-state index contributed by atoms with van der Waals surface area (Å²) < 4.78 is 110. The van der Waals surface area contributed by atoms with Gasteiger partial charge in [0.2, 0.25) is 5.82 Å². The number of piperazine rings is 3. The quantitative estimate of drug-likeness (QED) is 0.0384. The Morgan fingerprint density at radius 1 is 1.06 bits per heavy atom. The molecule has 3 aliphatic heterocycles. The highest BCUT2D eigenvalue weighted by atomic mass is 32.2. The molecule has 20 heteroatoms. The largest absolute Gasteiger partial charge is 0.768 e. The van der Waals surface area contributed by atoms with Gasteiger partial charge in [0.25, 0.3) is 10.0 Å². The normalized spacial score (nSPS) is 22.0. The van der Waals surface area contributed by atoms with Gasteiger partial charge in [-0.25, -0.2) is 26.3 Å². The molecule has 0 radical (unpaired) electrons. The topological polar surface area (TPSA) is 177 Å². The van der Waals surface area contributed by atoms with Gasteiger partial charge in [0.05, 0.1) is 23.1 Å². The average molecular weight is 719 g/mol. The van der Waals surface area contributed by atoms with E-state index in [0.717, 1.165) is 68.8 Å². The molecule has 1 atom stereocenters. The number of nitrogens with one attached hydrogen (secondary N) is 1. The molecular weight excluding hydrogens is 689 g/mol. The number of ether oxygens (including phenoxy) is 1. The zero-order valence-corrected chi connectivity index (χ0v) is 27.2. The summed E-state index contributed by atoms with van der Waals surface area (Å²) in [5.41, 5.74) is 8.11. The third-order valence-corrected chi connectivity index (χ3v) is 12.9. The molecule has 252 valence electrons. The number of hydrogen-bond donors (Lipinski definition) is 1. The molecule has 47 heavy (non-hydrogen) atoms. The Bertz CT molecular complexity index is 1930. The minimum Gasteiger partial charge on any atom is -0.768 e. The van der Waals surface area contributed by atoms with Crippen LogP contribution in [0.5, 0.6) is 11.5 Å². The van der Waals surface area contributed by atoms with Gasteiger partial charge < -0.3 is 23.1 Å². The lowest BCUT2D eigenvalue weighted by Crippen LogP contribution is -2.75. The first-order chi connectivity index (χ1) is 22.2. The van der Waals surface area contributed by atoms with Crippen molar-refractivity contribution in [2.75, 3.05) is 71.8 Å². The fourth-order valence-corrected chi connectivity index (χ4v) is 9.83. The molecule has 0 aliphatic carbocycles. The van der Waals surface area contributed by atoms with Crippen LogP contribution in [0.25, 0.3) is 20.5 Å². The summed E-state index contributed by atoms with van der Waals surface area (Å²) >= 11 is 0.252. The lowest BCUT2D eigenvalue weighted by Gasteiger charge is -2.55. The smallest absolute Gasteiger partial charge is 0.250 e. The Hall–Kier alpha value is -3.46. The maximum absolute atomic E-state index is 15.5. The molecule has 6 rings (SSSR count). The number of halogens is 4. The average Bonchev–Trinajstić information content (AvgIpc) is 3.51. The summed E-state index contributed by atoms with van der Waals surface area (Å²) in [6.45, 7) is 6.86. The lowest BCUT2D eigenvalue weighted by atomic mass is 10.1. The number of hydrogen-bond acceptors (Lipinski definition) is 9. The van der Waals surface area contributed by atoms with E-state index in [9.17, 15) is 26.7 Å². The number of fused-ring (bicyclic) bond motifs is 4. The van der Waals surface area contributed by atoms with E-state index < -0.39 is 73.0 Å². The van der Waals surface area contributed by atoms with E-state index in [4.69, 9.17) is 20.1 Å². The Morgan fingerprint density at radius 2 is 1.72 bits per heavy atom. The summed E-state index contributed by atoms with van der Waals surface area (Å²) in [6, 6.07) is 4.83. The van der Waals surface area contributed by atoms with Crippen molar-refractivity contribution in [2.45, 2.75) is 10.6 Å². The highest BCUT2D eigenvalue weighted by molar-refractivity contribution is 7.92. The molecule has 13 nitrogen and oxygen atoms in total. The van der Waals surface area contributed by atoms with Crippen LogP contribution >= 0.6 is 18.9 Å². The molecule has 3 aromatic rings. The van der Waals surface area contributed by atoms with E-state index in [1.54, 1.807) is 10.8 Å². The third-order valence-electron chi connectivity index (χ3n) is 8.67. The van der Waals surface area contributed by atoms with E-state index in [0.29, 0.717) is 29.7 Å². The highest BCUT2D eigenvalue weighted by Gasteiger charge is 2.48. The Balaban J connectivity index is 1.23. The summed E-state index contributed by atoms with van der Waals surface area (Å²) in [6.07, 6.45) is -0.522. The van der Waals surface area contributed by atoms with Crippen molar-refractivity contribution in [1.82, 2.24) is 4.72 Å². The van der Waals surface area contributed by atoms with Crippen LogP contribution < -0.4 is 18.9 Å². The van der Waals surface area contributed by atoms with Crippen molar-refractivity contribution in [2.24, 2.45) is 5.11 Å². The number of sulfonamides is 1. The first-order valence-corrected chi connectivity index (χ1v) is 18.4. The van der Waals surface area contributed by atoms with E-state index in [-0.39, 0.29) is 23.5 Å². The van der Waals surface area contributed by atoms with E-state index in [1.807, 2.05) is 0 Å². The molecule has 0 saturated carbocycles. The van der Waals surface area contributed by atoms with Gasteiger partial charge in [-0.1, -0.05) is 5.11 Å². The van der Waals surface area contributed by atoms with Gasteiger partial charge in [-0.05, 0) is 23.7 Å². The van der Waals surface area contributed by atoms with Gasteiger partial charge in [-0.2, -0.15) is 9.65 Å². The second kappa shape index (κ2) is 13.6. The molecule has 1 aromatic heterocycles. The van der Waals surface area contributed by atoms with Crippen molar-refractivity contribution < 1.29 is 53.7 Å². The summed E-state index contributed by atoms with van der Waals surface area (Å²) in [5, 5.41) is 11.7. The molecule has 4 heterocycles. The number of azide groups is 1. The molecule has 2 bridgehead atoms. The fraction of sp³-hybridized carbons (Fsp3) is 0.444. The molecule has 3 saturated heterocycles. The SMILES string of the molecule is N#Cc1ccc(OP(=O)([O-])CNS(=O)(=O)c2cc3c(F)c(F)c(OCC[N+]45CC[N+](CCCN=[N+]=[N-])(CC4)CC5)c(F)c3s2)cc1F. The second-order valence-electron chi connectivity index (χ2n) is 11.5. The summed E-state index contributed by atoms with van der Waals surface area (Å²) in [7, 11) is -9.72. The predicted octanol–water partition coefficient (Wildman–Crippen LogP) is 3.94. The molecule has 3 aliphatic rings. The van der Waals surface area contributed by atoms with Crippen molar-refractivity contribution in [1.29, 1.82) is 5.26 Å². The van der Waals surface area contributed by atoms with E-state index in [1.165, 1.54) is 0 Å². The minimum atomic E-state index is -5.02. The first-order valence-electron chi connectivity index (χ1n) is 14.4. The van der Waals surface area contributed by atoms with Crippen LogP contribution in [0.2, 0.25) is 0 Å². The molecule has 1 unspecified atom stereocenters. The van der Waals surface area contributed by atoms with Crippen molar-refractivity contribution in [3.63, 3.8) is 0 Å². The molecule has 3 fully saturated rings. The van der Waals surface area contributed by atoms with Crippen LogP contribution in [0, 0.1) is 34.6 Å². The lowest BCUT2D eigenvalue weighted by molar-refractivity contribution is -1.08. The van der Waals surface area contributed by atoms with Gasteiger partial charge in [0.1, 0.15) is 74.3 Å². The van der Waals surface area contributed by atoms with E-state index >= 15 is 8.78 Å². The van der Waals surface area contributed by atoms with Crippen LogP contribution in [-0.2, 0) is 14.6 Å². The zero-order valence-electron chi connectivity index (χ0n) is 24.7. The minimum absolute atomic E-state index is 0.115. The van der Waals surface area contributed by atoms with Crippen molar-refractivity contribution in [3.05, 3.63) is 63.5 Å². The van der Waals surface area contributed by atoms with Gasteiger partial charge in [0, 0.05) is 29.3 Å². The summed E-state index contributed by atoms with van der Waals surface area (Å²) in [4.78, 5) is 15.1. The maximum atomic E-state index is 15.5. The number of quaternary nitrogens is 2. The third kappa shape index (κ3) is 7.50.